The molecular formula is C18H36N2O2. The van der Waals surface area contributed by atoms with E-state index in [2.05, 4.69) is 16.7 Å². The lowest BCUT2D eigenvalue weighted by Crippen LogP contribution is -2.44. The Hall–Kier alpha value is -0.160. The molecule has 22 heavy (non-hydrogen) atoms. The van der Waals surface area contributed by atoms with E-state index in [4.69, 9.17) is 0 Å². The average Bonchev–Trinajstić information content (AvgIpc) is 2.53. The Bertz CT molecular complexity index is 306. The van der Waals surface area contributed by atoms with Gasteiger partial charge in [-0.15, -0.1) is 0 Å². The summed E-state index contributed by atoms with van der Waals surface area (Å²) in [4.78, 5) is 5.17. The summed E-state index contributed by atoms with van der Waals surface area (Å²) >= 11 is 0. The molecule has 4 nitrogen and oxygen atoms in total. The molecule has 2 rings (SSSR count). The molecule has 0 spiro atoms. The highest BCUT2D eigenvalue weighted by atomic mass is 16.3. The molecule has 0 amide bonds. The van der Waals surface area contributed by atoms with Crippen molar-refractivity contribution < 1.29 is 10.2 Å². The first-order valence-electron chi connectivity index (χ1n) is 9.30. The van der Waals surface area contributed by atoms with Gasteiger partial charge in [0.1, 0.15) is 0 Å². The van der Waals surface area contributed by atoms with Crippen LogP contribution in [0, 0.1) is 11.8 Å². The Morgan fingerprint density at radius 1 is 0.818 bits per heavy atom. The zero-order valence-electron chi connectivity index (χ0n) is 14.7. The minimum Gasteiger partial charge on any atom is -0.393 e. The number of aliphatic hydroxyl groups is 2. The van der Waals surface area contributed by atoms with Crippen molar-refractivity contribution in [3.8, 4) is 0 Å². The van der Waals surface area contributed by atoms with E-state index in [1.54, 1.807) is 0 Å². The molecule has 0 radical (unpaired) electrons. The highest BCUT2D eigenvalue weighted by Crippen LogP contribution is 2.24. The summed E-state index contributed by atoms with van der Waals surface area (Å²) in [7, 11) is 0. The maximum atomic E-state index is 9.69. The number of hydrogen-bond acceptors (Lipinski definition) is 4. The second-order valence-corrected chi connectivity index (χ2v) is 7.67. The Labute approximate surface area is 136 Å². The quantitative estimate of drug-likeness (QED) is 0.787. The number of likely N-dealkylation sites (tertiary alicyclic amines) is 2. The first kappa shape index (κ1) is 18.2. The van der Waals surface area contributed by atoms with E-state index < -0.39 is 0 Å². The molecule has 130 valence electrons. The minimum absolute atomic E-state index is 0.142. The second kappa shape index (κ2) is 8.62. The maximum Gasteiger partial charge on any atom is 0.0541 e. The predicted molar refractivity (Wildman–Crippen MR) is 90.9 cm³/mol. The first-order valence-corrected chi connectivity index (χ1v) is 9.30. The second-order valence-electron chi connectivity index (χ2n) is 7.67. The SMILES string of the molecule is CC(O)C1CCN(CCC(C)N2CCC(C(C)O)CC2)CC1. The number of nitrogens with zero attached hydrogens (tertiary/aromatic N) is 2. The van der Waals surface area contributed by atoms with Crippen molar-refractivity contribution in [2.45, 2.75) is 71.1 Å². The van der Waals surface area contributed by atoms with E-state index in [-0.39, 0.29) is 12.2 Å². The van der Waals surface area contributed by atoms with Crippen LogP contribution in [0.2, 0.25) is 0 Å². The number of hydrogen-bond donors (Lipinski definition) is 2. The normalized spacial score (nSPS) is 27.7. The summed E-state index contributed by atoms with van der Waals surface area (Å²) in [5.74, 6) is 1.01. The zero-order valence-corrected chi connectivity index (χ0v) is 14.7. The van der Waals surface area contributed by atoms with Crippen LogP contribution in [0.5, 0.6) is 0 Å². The van der Waals surface area contributed by atoms with Gasteiger partial charge in [-0.2, -0.15) is 0 Å². The summed E-state index contributed by atoms with van der Waals surface area (Å²) in [5.41, 5.74) is 0. The third-order valence-corrected chi connectivity index (χ3v) is 6.06. The lowest BCUT2D eigenvalue weighted by atomic mass is 9.91. The molecule has 0 aromatic carbocycles. The summed E-state index contributed by atoms with van der Waals surface area (Å²) in [6.07, 6.45) is 5.52. The maximum absolute atomic E-state index is 9.69. The van der Waals surface area contributed by atoms with Crippen LogP contribution < -0.4 is 0 Å². The molecule has 2 aliphatic heterocycles. The van der Waals surface area contributed by atoms with Crippen LogP contribution in [-0.4, -0.2) is 71.0 Å². The standard InChI is InChI=1S/C18H36N2O2/c1-14(20-12-7-18(8-13-20)16(3)22)4-9-19-10-5-17(6-11-19)15(2)21/h14-18,21-22H,4-13H2,1-3H3. The van der Waals surface area contributed by atoms with Crippen LogP contribution in [0.1, 0.15) is 52.9 Å². The van der Waals surface area contributed by atoms with E-state index in [9.17, 15) is 10.2 Å². The first-order chi connectivity index (χ1) is 10.5. The van der Waals surface area contributed by atoms with Gasteiger partial charge in [-0.05, 0) is 97.4 Å². The fourth-order valence-corrected chi connectivity index (χ4v) is 4.05. The van der Waals surface area contributed by atoms with Crippen molar-refractivity contribution in [1.29, 1.82) is 0 Å². The molecule has 0 aromatic heterocycles. The topological polar surface area (TPSA) is 46.9 Å². The Kier molecular flexibility index (Phi) is 7.13. The Morgan fingerprint density at radius 3 is 1.73 bits per heavy atom. The molecule has 0 aromatic rings. The molecule has 4 heteroatoms. The van der Waals surface area contributed by atoms with Crippen LogP contribution in [0.15, 0.2) is 0 Å². The average molecular weight is 312 g/mol. The monoisotopic (exact) mass is 312 g/mol. The molecule has 2 N–H and O–H groups in total. The van der Waals surface area contributed by atoms with Gasteiger partial charge in [-0.1, -0.05) is 0 Å². The van der Waals surface area contributed by atoms with Gasteiger partial charge in [0.05, 0.1) is 12.2 Å². The molecule has 0 saturated carbocycles. The molecule has 2 heterocycles. The molecule has 2 aliphatic rings. The van der Waals surface area contributed by atoms with E-state index in [1.165, 1.54) is 13.0 Å². The largest absolute Gasteiger partial charge is 0.393 e. The molecular weight excluding hydrogens is 276 g/mol. The third-order valence-electron chi connectivity index (χ3n) is 6.06. The minimum atomic E-state index is -0.146. The van der Waals surface area contributed by atoms with Crippen LogP contribution in [0.4, 0.5) is 0 Å². The summed E-state index contributed by atoms with van der Waals surface area (Å²) < 4.78 is 0. The predicted octanol–water partition coefficient (Wildman–Crippen LogP) is 1.95. The van der Waals surface area contributed by atoms with Crippen molar-refractivity contribution in [3.05, 3.63) is 0 Å². The van der Waals surface area contributed by atoms with Gasteiger partial charge < -0.3 is 20.0 Å². The fourth-order valence-electron chi connectivity index (χ4n) is 4.05. The van der Waals surface area contributed by atoms with E-state index in [0.29, 0.717) is 17.9 Å². The molecule has 3 unspecified atom stereocenters. The van der Waals surface area contributed by atoms with E-state index >= 15 is 0 Å². The number of aliphatic hydroxyl groups excluding tert-OH is 2. The highest BCUT2D eigenvalue weighted by molar-refractivity contribution is 4.80. The van der Waals surface area contributed by atoms with Gasteiger partial charge in [0.15, 0.2) is 0 Å². The van der Waals surface area contributed by atoms with Gasteiger partial charge in [0.2, 0.25) is 0 Å². The lowest BCUT2D eigenvalue weighted by Gasteiger charge is -2.38. The van der Waals surface area contributed by atoms with E-state index in [1.807, 2.05) is 13.8 Å². The van der Waals surface area contributed by atoms with Gasteiger partial charge in [0, 0.05) is 6.04 Å². The van der Waals surface area contributed by atoms with Crippen molar-refractivity contribution in [2.24, 2.45) is 11.8 Å². The molecule has 2 saturated heterocycles. The third kappa shape index (κ3) is 5.19. The summed E-state index contributed by atoms with van der Waals surface area (Å²) in [6, 6.07) is 0.643. The smallest absolute Gasteiger partial charge is 0.0541 e. The molecule has 0 bridgehead atoms. The summed E-state index contributed by atoms with van der Waals surface area (Å²) in [5, 5.41) is 19.4. The van der Waals surface area contributed by atoms with Crippen LogP contribution in [-0.2, 0) is 0 Å². The molecule has 2 fully saturated rings. The van der Waals surface area contributed by atoms with Crippen LogP contribution in [0.3, 0.4) is 0 Å². The number of rotatable bonds is 6. The van der Waals surface area contributed by atoms with Crippen molar-refractivity contribution in [2.75, 3.05) is 32.7 Å². The van der Waals surface area contributed by atoms with Gasteiger partial charge in [0.25, 0.3) is 0 Å². The zero-order chi connectivity index (χ0) is 16.1. The van der Waals surface area contributed by atoms with Crippen LogP contribution in [0.25, 0.3) is 0 Å². The fraction of sp³-hybridized carbons (Fsp3) is 1.00. The van der Waals surface area contributed by atoms with Gasteiger partial charge >= 0.3 is 0 Å². The van der Waals surface area contributed by atoms with Crippen molar-refractivity contribution in [3.63, 3.8) is 0 Å². The summed E-state index contributed by atoms with van der Waals surface area (Å²) in [6.45, 7) is 12.0. The molecule has 3 atom stereocenters. The lowest BCUT2D eigenvalue weighted by molar-refractivity contribution is 0.0491. The Balaban J connectivity index is 1.63. The van der Waals surface area contributed by atoms with E-state index in [0.717, 1.165) is 51.9 Å². The van der Waals surface area contributed by atoms with Crippen LogP contribution >= 0.6 is 0 Å². The van der Waals surface area contributed by atoms with Gasteiger partial charge in [-0.3, -0.25) is 0 Å². The highest BCUT2D eigenvalue weighted by Gasteiger charge is 2.26. The number of piperidine rings is 2. The van der Waals surface area contributed by atoms with Crippen molar-refractivity contribution >= 4 is 0 Å². The van der Waals surface area contributed by atoms with Crippen molar-refractivity contribution in [1.82, 2.24) is 9.80 Å². The Morgan fingerprint density at radius 2 is 1.27 bits per heavy atom. The van der Waals surface area contributed by atoms with Gasteiger partial charge in [-0.25, -0.2) is 0 Å². The molecule has 0 aliphatic carbocycles.